The molecule has 1 N–H and O–H groups in total. The van der Waals surface area contributed by atoms with E-state index in [9.17, 15) is 14.0 Å². The summed E-state index contributed by atoms with van der Waals surface area (Å²) in [5.74, 6) is -1.06. The Morgan fingerprint density at radius 2 is 1.47 bits per heavy atom. The van der Waals surface area contributed by atoms with Crippen molar-refractivity contribution in [1.82, 2.24) is 9.55 Å². The molecule has 0 spiro atoms. The molecule has 0 amide bonds. The second-order valence-corrected chi connectivity index (χ2v) is 7.77. The van der Waals surface area contributed by atoms with Crippen LogP contribution >= 0.6 is 0 Å². The summed E-state index contributed by atoms with van der Waals surface area (Å²) in [5.41, 5.74) is 0.416. The zero-order chi connectivity index (χ0) is 22.3. The van der Waals surface area contributed by atoms with Gasteiger partial charge in [-0.2, -0.15) is 4.39 Å². The number of benzene rings is 2. The van der Waals surface area contributed by atoms with Crippen LogP contribution in [0.3, 0.4) is 0 Å². The Balaban J connectivity index is 1.37. The first-order valence-corrected chi connectivity index (χ1v) is 10.5. The lowest BCUT2D eigenvalue weighted by molar-refractivity contribution is -0.226. The predicted molar refractivity (Wildman–Crippen MR) is 116 cm³/mol. The predicted octanol–water partition coefficient (Wildman–Crippen LogP) is 2.49. The van der Waals surface area contributed by atoms with E-state index in [1.807, 2.05) is 65.6 Å². The van der Waals surface area contributed by atoms with E-state index in [0.29, 0.717) is 26.4 Å². The Morgan fingerprint density at radius 3 is 2.09 bits per heavy atom. The zero-order valence-electron chi connectivity index (χ0n) is 17.5. The maximum atomic E-state index is 13.6. The third-order valence-corrected chi connectivity index (χ3v) is 5.46. The molecule has 32 heavy (non-hydrogen) atoms. The van der Waals surface area contributed by atoms with E-state index < -0.39 is 17.1 Å². The summed E-state index contributed by atoms with van der Waals surface area (Å²) in [6.07, 6.45) is 0.341. The van der Waals surface area contributed by atoms with Crippen LogP contribution in [0.2, 0.25) is 0 Å². The van der Waals surface area contributed by atoms with Crippen LogP contribution < -0.4 is 11.2 Å². The van der Waals surface area contributed by atoms with Crippen LogP contribution in [0.25, 0.3) is 0 Å². The van der Waals surface area contributed by atoms with Gasteiger partial charge in [0.2, 0.25) is 5.82 Å². The fourth-order valence-electron chi connectivity index (χ4n) is 3.70. The SMILES string of the molecule is O=c1[nH]c(=O)n(C[C@@H]2O[C@H](COCc3ccccc3)[C@H]2COCc2ccccc2)cc1F. The minimum atomic E-state index is -1.03. The molecule has 1 aliphatic heterocycles. The van der Waals surface area contributed by atoms with Gasteiger partial charge >= 0.3 is 5.69 Å². The first kappa shape index (κ1) is 22.1. The second-order valence-electron chi connectivity index (χ2n) is 7.77. The molecule has 7 nitrogen and oxygen atoms in total. The van der Waals surface area contributed by atoms with Crippen molar-refractivity contribution in [3.05, 3.63) is 105 Å². The van der Waals surface area contributed by atoms with Gasteiger partial charge in [0.15, 0.2) is 0 Å². The van der Waals surface area contributed by atoms with Gasteiger partial charge < -0.3 is 14.2 Å². The lowest BCUT2D eigenvalue weighted by atomic mass is 9.90. The summed E-state index contributed by atoms with van der Waals surface area (Å²) in [4.78, 5) is 25.3. The highest BCUT2D eigenvalue weighted by atomic mass is 19.1. The van der Waals surface area contributed by atoms with Crippen molar-refractivity contribution in [3.63, 3.8) is 0 Å². The quantitative estimate of drug-likeness (QED) is 0.524. The molecule has 3 atom stereocenters. The van der Waals surface area contributed by atoms with E-state index in [-0.39, 0.29) is 24.7 Å². The number of aromatic nitrogens is 2. The molecular formula is C24H25FN2O5. The van der Waals surface area contributed by atoms with Gasteiger partial charge in [-0.15, -0.1) is 0 Å². The number of rotatable bonds is 10. The highest BCUT2D eigenvalue weighted by Gasteiger charge is 2.43. The van der Waals surface area contributed by atoms with Gasteiger partial charge in [0, 0.05) is 5.92 Å². The number of nitrogens with zero attached hydrogens (tertiary/aromatic N) is 1. The molecule has 4 rings (SSSR count). The third-order valence-electron chi connectivity index (χ3n) is 5.46. The largest absolute Gasteiger partial charge is 0.376 e. The second kappa shape index (κ2) is 10.5. The van der Waals surface area contributed by atoms with E-state index in [4.69, 9.17) is 14.2 Å². The highest BCUT2D eigenvalue weighted by molar-refractivity contribution is 5.14. The van der Waals surface area contributed by atoms with E-state index in [1.165, 1.54) is 0 Å². The normalized spacial score (nSPS) is 20.1. The molecule has 0 aliphatic carbocycles. The van der Waals surface area contributed by atoms with Gasteiger partial charge in [-0.3, -0.25) is 14.3 Å². The van der Waals surface area contributed by atoms with Crippen LogP contribution in [0.15, 0.2) is 76.4 Å². The number of halogens is 1. The number of hydrogen-bond acceptors (Lipinski definition) is 5. The van der Waals surface area contributed by atoms with Crippen molar-refractivity contribution in [2.75, 3.05) is 13.2 Å². The average Bonchev–Trinajstić information content (AvgIpc) is 2.80. The highest BCUT2D eigenvalue weighted by Crippen LogP contribution is 2.31. The molecule has 2 heterocycles. The fraction of sp³-hybridized carbons (Fsp3) is 0.333. The lowest BCUT2D eigenvalue weighted by Crippen LogP contribution is -2.56. The molecule has 1 aromatic heterocycles. The minimum Gasteiger partial charge on any atom is -0.376 e. The van der Waals surface area contributed by atoms with E-state index >= 15 is 0 Å². The minimum absolute atomic E-state index is 0.0450. The van der Waals surface area contributed by atoms with Crippen LogP contribution in [-0.2, 0) is 34.0 Å². The average molecular weight is 440 g/mol. The van der Waals surface area contributed by atoms with Crippen molar-refractivity contribution < 1.29 is 18.6 Å². The van der Waals surface area contributed by atoms with Gasteiger partial charge in [0.25, 0.3) is 5.56 Å². The number of hydrogen-bond donors (Lipinski definition) is 1. The first-order chi connectivity index (χ1) is 15.6. The van der Waals surface area contributed by atoms with Gasteiger partial charge in [-0.05, 0) is 11.1 Å². The Morgan fingerprint density at radius 1 is 0.875 bits per heavy atom. The van der Waals surface area contributed by atoms with Crippen LogP contribution in [0.1, 0.15) is 11.1 Å². The van der Waals surface area contributed by atoms with Crippen LogP contribution in [0.4, 0.5) is 4.39 Å². The Hall–Kier alpha value is -3.07. The summed E-state index contributed by atoms with van der Waals surface area (Å²) >= 11 is 0. The lowest BCUT2D eigenvalue weighted by Gasteiger charge is -2.44. The number of nitrogens with one attached hydrogen (secondary N) is 1. The molecule has 1 aliphatic rings. The van der Waals surface area contributed by atoms with Gasteiger partial charge in [-0.1, -0.05) is 60.7 Å². The standard InChI is InChI=1S/C24H25FN2O5/c25-20-11-27(24(29)26-23(20)28)12-21-19(15-30-13-17-7-3-1-4-8-17)22(32-21)16-31-14-18-9-5-2-6-10-18/h1-11,19,21-22H,12-16H2,(H,26,28,29)/t19-,21-,22+/m0/s1. The topological polar surface area (TPSA) is 82.6 Å². The molecule has 8 heteroatoms. The Bertz CT molecular complexity index is 1120. The summed E-state index contributed by atoms with van der Waals surface area (Å²) < 4.78 is 32.4. The first-order valence-electron chi connectivity index (χ1n) is 10.5. The molecule has 3 aromatic rings. The summed E-state index contributed by atoms with van der Waals surface area (Å²) in [6, 6.07) is 19.6. The smallest absolute Gasteiger partial charge is 0.328 e. The van der Waals surface area contributed by atoms with Crippen LogP contribution in [0.5, 0.6) is 0 Å². The molecule has 168 valence electrons. The van der Waals surface area contributed by atoms with E-state index in [0.717, 1.165) is 21.9 Å². The van der Waals surface area contributed by atoms with Crippen molar-refractivity contribution in [2.45, 2.75) is 32.0 Å². The maximum Gasteiger partial charge on any atom is 0.328 e. The van der Waals surface area contributed by atoms with Crippen molar-refractivity contribution >= 4 is 0 Å². The van der Waals surface area contributed by atoms with Crippen LogP contribution in [-0.4, -0.2) is 35.0 Å². The molecule has 0 bridgehead atoms. The van der Waals surface area contributed by atoms with Crippen molar-refractivity contribution in [3.8, 4) is 0 Å². The monoisotopic (exact) mass is 440 g/mol. The van der Waals surface area contributed by atoms with Gasteiger partial charge in [-0.25, -0.2) is 4.79 Å². The third kappa shape index (κ3) is 5.59. The summed E-state index contributed by atoms with van der Waals surface area (Å²) in [6.45, 7) is 1.81. The number of aromatic amines is 1. The van der Waals surface area contributed by atoms with E-state index in [2.05, 4.69) is 0 Å². The maximum absolute atomic E-state index is 13.6. The Kier molecular flexibility index (Phi) is 7.26. The van der Waals surface area contributed by atoms with Crippen molar-refractivity contribution in [1.29, 1.82) is 0 Å². The molecule has 1 fully saturated rings. The number of H-pyrrole nitrogens is 1. The summed E-state index contributed by atoms with van der Waals surface area (Å²) in [7, 11) is 0. The van der Waals surface area contributed by atoms with Gasteiger partial charge in [0.1, 0.15) is 0 Å². The van der Waals surface area contributed by atoms with Crippen LogP contribution in [0, 0.1) is 11.7 Å². The van der Waals surface area contributed by atoms with Gasteiger partial charge in [0.05, 0.1) is 51.4 Å². The molecule has 1 saturated heterocycles. The summed E-state index contributed by atoms with van der Waals surface area (Å²) in [5, 5.41) is 0. The molecule has 0 unspecified atom stereocenters. The zero-order valence-corrected chi connectivity index (χ0v) is 17.5. The van der Waals surface area contributed by atoms with Crippen molar-refractivity contribution in [2.24, 2.45) is 5.92 Å². The molecular weight excluding hydrogens is 415 g/mol. The van der Waals surface area contributed by atoms with E-state index in [1.54, 1.807) is 0 Å². The Labute approximate surface area is 184 Å². The number of ether oxygens (including phenoxy) is 3. The fourth-order valence-corrected chi connectivity index (χ4v) is 3.70. The molecule has 2 aromatic carbocycles. The molecule has 0 radical (unpaired) electrons. The molecule has 0 saturated carbocycles.